The van der Waals surface area contributed by atoms with E-state index in [2.05, 4.69) is 11.1 Å². The fourth-order valence-corrected chi connectivity index (χ4v) is 5.25. The number of amides is 1. The maximum Gasteiger partial charge on any atom is 0.308 e. The molecule has 9 heteroatoms. The van der Waals surface area contributed by atoms with Gasteiger partial charge in [0.1, 0.15) is 5.75 Å². The largest absolute Gasteiger partial charge is 0.493 e. The minimum Gasteiger partial charge on any atom is -0.493 e. The van der Waals surface area contributed by atoms with Gasteiger partial charge in [0.15, 0.2) is 0 Å². The van der Waals surface area contributed by atoms with Crippen LogP contribution in [0.15, 0.2) is 36.9 Å². The SMILES string of the molecule is CCCON(CCC)C(=O)CN1CC(c2ccc3c(c2)CCO3)C(C(=O)O)C1CCn1ccnc1. The van der Waals surface area contributed by atoms with Crippen LogP contribution >= 0.6 is 0 Å². The van der Waals surface area contributed by atoms with Gasteiger partial charge in [0.25, 0.3) is 5.91 Å². The van der Waals surface area contributed by atoms with Crippen molar-refractivity contribution >= 4 is 11.9 Å². The number of fused-ring (bicyclic) bond motifs is 1. The molecule has 0 spiro atoms. The van der Waals surface area contributed by atoms with E-state index in [1.54, 1.807) is 12.5 Å². The minimum atomic E-state index is -0.829. The monoisotopic (exact) mass is 484 g/mol. The van der Waals surface area contributed by atoms with Crippen molar-refractivity contribution in [2.75, 3.05) is 32.8 Å². The van der Waals surface area contributed by atoms with Gasteiger partial charge in [-0.25, -0.2) is 10.0 Å². The molecule has 0 aliphatic carbocycles. The van der Waals surface area contributed by atoms with Gasteiger partial charge in [0.2, 0.25) is 0 Å². The molecule has 0 bridgehead atoms. The van der Waals surface area contributed by atoms with E-state index in [1.165, 1.54) is 5.06 Å². The van der Waals surface area contributed by atoms with Gasteiger partial charge in [-0.1, -0.05) is 26.0 Å². The number of aryl methyl sites for hydroxylation is 1. The van der Waals surface area contributed by atoms with Crippen LogP contribution in [0.25, 0.3) is 0 Å². The molecule has 3 unspecified atom stereocenters. The number of carboxylic acid groups (broad SMARTS) is 1. The summed E-state index contributed by atoms with van der Waals surface area (Å²) in [4.78, 5) is 37.7. The third-order valence-electron chi connectivity index (χ3n) is 6.91. The van der Waals surface area contributed by atoms with E-state index >= 15 is 0 Å². The number of benzene rings is 1. The highest BCUT2D eigenvalue weighted by Gasteiger charge is 2.47. The van der Waals surface area contributed by atoms with E-state index < -0.39 is 11.9 Å². The van der Waals surface area contributed by atoms with Crippen LogP contribution in [0.2, 0.25) is 0 Å². The number of rotatable bonds is 12. The van der Waals surface area contributed by atoms with Crippen LogP contribution in [0.3, 0.4) is 0 Å². The Morgan fingerprint density at radius 2 is 2.14 bits per heavy atom. The number of nitrogens with zero attached hydrogens (tertiary/aromatic N) is 4. The number of likely N-dealkylation sites (tertiary alicyclic amines) is 1. The molecule has 9 nitrogen and oxygen atoms in total. The third-order valence-corrected chi connectivity index (χ3v) is 6.91. The number of aromatic nitrogens is 2. The quantitative estimate of drug-likeness (QED) is 0.463. The van der Waals surface area contributed by atoms with Crippen molar-refractivity contribution in [2.45, 2.75) is 58.0 Å². The van der Waals surface area contributed by atoms with E-state index in [-0.39, 0.29) is 24.4 Å². The van der Waals surface area contributed by atoms with Gasteiger partial charge >= 0.3 is 5.97 Å². The third kappa shape index (κ3) is 5.85. The van der Waals surface area contributed by atoms with Crippen molar-refractivity contribution < 1.29 is 24.3 Å². The lowest BCUT2D eigenvalue weighted by Gasteiger charge is -2.29. The molecular weight excluding hydrogens is 448 g/mol. The van der Waals surface area contributed by atoms with Crippen molar-refractivity contribution in [3.8, 4) is 5.75 Å². The molecule has 1 fully saturated rings. The Hall–Kier alpha value is -2.91. The van der Waals surface area contributed by atoms with Crippen LogP contribution in [-0.2, 0) is 27.4 Å². The number of carbonyl (C=O) groups is 2. The number of hydrogen-bond donors (Lipinski definition) is 1. The molecule has 2 aromatic rings. The maximum absolute atomic E-state index is 13.2. The highest BCUT2D eigenvalue weighted by molar-refractivity contribution is 5.78. The van der Waals surface area contributed by atoms with E-state index in [9.17, 15) is 14.7 Å². The van der Waals surface area contributed by atoms with Crippen molar-refractivity contribution in [3.63, 3.8) is 0 Å². The van der Waals surface area contributed by atoms with Gasteiger partial charge in [-0.3, -0.25) is 19.3 Å². The Kier molecular flexibility index (Phi) is 8.41. The topological polar surface area (TPSA) is 97.1 Å². The number of carbonyl (C=O) groups excluding carboxylic acids is 1. The Balaban J connectivity index is 1.58. The first-order valence-electron chi connectivity index (χ1n) is 12.6. The molecule has 3 atom stereocenters. The van der Waals surface area contributed by atoms with Gasteiger partial charge < -0.3 is 14.4 Å². The van der Waals surface area contributed by atoms with Crippen LogP contribution in [0.1, 0.15) is 50.2 Å². The molecule has 1 saturated heterocycles. The zero-order chi connectivity index (χ0) is 24.8. The summed E-state index contributed by atoms with van der Waals surface area (Å²) < 4.78 is 7.60. The Morgan fingerprint density at radius 1 is 1.29 bits per heavy atom. The molecule has 35 heavy (non-hydrogen) atoms. The van der Waals surface area contributed by atoms with E-state index in [4.69, 9.17) is 9.57 Å². The summed E-state index contributed by atoms with van der Waals surface area (Å²) in [6.45, 7) is 6.94. The van der Waals surface area contributed by atoms with Gasteiger partial charge in [0, 0.05) is 50.4 Å². The molecule has 0 saturated carbocycles. The van der Waals surface area contributed by atoms with E-state index in [0.29, 0.717) is 39.3 Å². The normalized spacial score (nSPS) is 21.6. The molecule has 2 aliphatic heterocycles. The van der Waals surface area contributed by atoms with Gasteiger partial charge in [-0.05, 0) is 36.5 Å². The second kappa shape index (κ2) is 11.7. The summed E-state index contributed by atoms with van der Waals surface area (Å²) in [5.41, 5.74) is 2.12. The second-order valence-electron chi connectivity index (χ2n) is 9.35. The summed E-state index contributed by atoms with van der Waals surface area (Å²) in [5, 5.41) is 11.8. The standard InChI is InChI=1S/C26H36N4O5/c1-3-10-30(35-13-4-2)24(31)17-29-16-21(19-5-6-23-20(15-19)8-14-34-23)25(26(32)33)22(29)7-11-28-12-9-27-18-28/h5-6,9,12,15,18,21-22,25H,3-4,7-8,10-11,13-14,16-17H2,1-2H3,(H,32,33). The number of aliphatic carboxylic acids is 1. The zero-order valence-electron chi connectivity index (χ0n) is 20.6. The van der Waals surface area contributed by atoms with Crippen LogP contribution in [0, 0.1) is 5.92 Å². The smallest absolute Gasteiger partial charge is 0.308 e. The molecule has 3 heterocycles. The zero-order valence-corrected chi connectivity index (χ0v) is 20.6. The average Bonchev–Trinajstić information content (AvgIpc) is 3.59. The first-order chi connectivity index (χ1) is 17.0. The van der Waals surface area contributed by atoms with Gasteiger partial charge in [-0.15, -0.1) is 0 Å². The van der Waals surface area contributed by atoms with E-state index in [0.717, 1.165) is 36.1 Å². The van der Waals surface area contributed by atoms with E-state index in [1.807, 2.05) is 41.6 Å². The minimum absolute atomic E-state index is 0.125. The van der Waals surface area contributed by atoms with Crippen molar-refractivity contribution in [2.24, 2.45) is 5.92 Å². The fourth-order valence-electron chi connectivity index (χ4n) is 5.25. The highest BCUT2D eigenvalue weighted by Crippen LogP contribution is 2.41. The Labute approximate surface area is 206 Å². The predicted molar refractivity (Wildman–Crippen MR) is 130 cm³/mol. The summed E-state index contributed by atoms with van der Waals surface area (Å²) in [6.07, 6.45) is 8.37. The van der Waals surface area contributed by atoms with Crippen LogP contribution in [0.4, 0.5) is 0 Å². The number of hydroxylamine groups is 2. The van der Waals surface area contributed by atoms with Crippen molar-refractivity contribution in [3.05, 3.63) is 48.0 Å². The average molecular weight is 485 g/mol. The summed E-state index contributed by atoms with van der Waals surface area (Å²) in [6, 6.07) is 5.74. The Bertz CT molecular complexity index is 996. The Morgan fingerprint density at radius 3 is 2.86 bits per heavy atom. The lowest BCUT2D eigenvalue weighted by atomic mass is 9.83. The second-order valence-corrected chi connectivity index (χ2v) is 9.35. The molecule has 190 valence electrons. The number of hydrogen-bond acceptors (Lipinski definition) is 6. The maximum atomic E-state index is 13.2. The summed E-state index contributed by atoms with van der Waals surface area (Å²) in [5.74, 6) is -0.909. The van der Waals surface area contributed by atoms with Crippen LogP contribution < -0.4 is 4.74 Å². The summed E-state index contributed by atoms with van der Waals surface area (Å²) >= 11 is 0. The van der Waals surface area contributed by atoms with Crippen molar-refractivity contribution in [1.29, 1.82) is 0 Å². The van der Waals surface area contributed by atoms with Crippen LogP contribution in [-0.4, -0.2) is 75.4 Å². The lowest BCUT2D eigenvalue weighted by Crippen LogP contribution is -2.44. The molecule has 0 radical (unpaired) electrons. The molecule has 1 aromatic carbocycles. The first-order valence-corrected chi connectivity index (χ1v) is 12.6. The predicted octanol–water partition coefficient (Wildman–Crippen LogP) is 2.96. The van der Waals surface area contributed by atoms with Crippen LogP contribution in [0.5, 0.6) is 5.75 Å². The molecule has 1 N–H and O–H groups in total. The molecule has 1 amide bonds. The molecule has 2 aliphatic rings. The number of ether oxygens (including phenoxy) is 1. The van der Waals surface area contributed by atoms with Crippen molar-refractivity contribution in [1.82, 2.24) is 19.5 Å². The molecule has 1 aromatic heterocycles. The summed E-state index contributed by atoms with van der Waals surface area (Å²) in [7, 11) is 0. The fraction of sp³-hybridized carbons (Fsp3) is 0.577. The lowest BCUT2D eigenvalue weighted by molar-refractivity contribution is -0.188. The van der Waals surface area contributed by atoms with Gasteiger partial charge in [0.05, 0.1) is 32.0 Å². The van der Waals surface area contributed by atoms with Gasteiger partial charge in [-0.2, -0.15) is 0 Å². The molecular formula is C26H36N4O5. The number of imidazole rings is 1. The first kappa shape index (κ1) is 25.2. The molecule has 4 rings (SSSR count). The number of carboxylic acids is 1. The highest BCUT2D eigenvalue weighted by atomic mass is 16.7.